The summed E-state index contributed by atoms with van der Waals surface area (Å²) in [6.45, 7) is 2.45. The Labute approximate surface area is 250 Å². The van der Waals surface area contributed by atoms with Crippen LogP contribution in [0.4, 0.5) is 15.3 Å². The van der Waals surface area contributed by atoms with Crippen molar-refractivity contribution in [2.45, 2.75) is 38.4 Å². The van der Waals surface area contributed by atoms with Gasteiger partial charge in [0.2, 0.25) is 0 Å². The van der Waals surface area contributed by atoms with Crippen LogP contribution >= 0.6 is 39.1 Å². The van der Waals surface area contributed by atoms with Crippen molar-refractivity contribution in [3.8, 4) is 11.5 Å². The SMILES string of the molecule is CN(Cc1ccc(Oc2ccc(Cl)c(Cl)c2)cc1Br)C(=O)NCc1ccc(N2C(=O)NC(C)(C3CC3)C2=O)cc1. The van der Waals surface area contributed by atoms with Crippen molar-refractivity contribution in [3.05, 3.63) is 86.3 Å². The van der Waals surface area contributed by atoms with Crippen LogP contribution in [0.1, 0.15) is 30.9 Å². The van der Waals surface area contributed by atoms with Gasteiger partial charge in [-0.3, -0.25) is 4.79 Å². The molecule has 2 N–H and O–H groups in total. The molecule has 3 aromatic rings. The number of rotatable bonds is 8. The van der Waals surface area contributed by atoms with Gasteiger partial charge in [-0.1, -0.05) is 57.3 Å². The average Bonchev–Trinajstić information content (AvgIpc) is 3.75. The van der Waals surface area contributed by atoms with Gasteiger partial charge in [0.1, 0.15) is 17.0 Å². The second-order valence-corrected chi connectivity index (χ2v) is 11.8. The Hall–Kier alpha value is -3.27. The number of hydrogen-bond acceptors (Lipinski definition) is 4. The highest BCUT2D eigenvalue weighted by atomic mass is 79.9. The molecule has 0 aromatic heterocycles. The molecule has 1 saturated carbocycles. The Morgan fingerprint density at radius 1 is 1.07 bits per heavy atom. The summed E-state index contributed by atoms with van der Waals surface area (Å²) in [5, 5.41) is 6.61. The van der Waals surface area contributed by atoms with Gasteiger partial charge in [-0.25, -0.2) is 14.5 Å². The lowest BCUT2D eigenvalue weighted by atomic mass is 9.96. The van der Waals surface area contributed by atoms with Crippen LogP contribution in [0.25, 0.3) is 0 Å². The largest absolute Gasteiger partial charge is 0.457 e. The van der Waals surface area contributed by atoms with Crippen LogP contribution in [0.2, 0.25) is 10.0 Å². The molecule has 1 aliphatic heterocycles. The third kappa shape index (κ3) is 5.92. The van der Waals surface area contributed by atoms with Crippen LogP contribution in [-0.4, -0.2) is 35.5 Å². The topological polar surface area (TPSA) is 91.0 Å². The van der Waals surface area contributed by atoms with Gasteiger partial charge in [-0.2, -0.15) is 0 Å². The number of carbonyl (C=O) groups is 3. The zero-order valence-corrected chi connectivity index (χ0v) is 24.9. The van der Waals surface area contributed by atoms with Crippen molar-refractivity contribution in [1.82, 2.24) is 15.5 Å². The maximum absolute atomic E-state index is 13.0. The molecule has 5 amide bonds. The molecule has 1 heterocycles. The van der Waals surface area contributed by atoms with Crippen molar-refractivity contribution in [3.63, 3.8) is 0 Å². The van der Waals surface area contributed by atoms with Gasteiger partial charge in [-0.05, 0) is 73.2 Å². The molecule has 208 valence electrons. The number of urea groups is 2. The van der Waals surface area contributed by atoms with Crippen LogP contribution in [0.15, 0.2) is 65.1 Å². The van der Waals surface area contributed by atoms with E-state index in [0.717, 1.165) is 28.4 Å². The lowest BCUT2D eigenvalue weighted by Crippen LogP contribution is -2.46. The summed E-state index contributed by atoms with van der Waals surface area (Å²) in [5.74, 6) is 1.14. The minimum atomic E-state index is -0.832. The number of hydrogen-bond donors (Lipinski definition) is 2. The zero-order chi connectivity index (χ0) is 28.6. The van der Waals surface area contributed by atoms with Crippen molar-refractivity contribution in [2.75, 3.05) is 11.9 Å². The lowest BCUT2D eigenvalue weighted by molar-refractivity contribution is -0.122. The molecule has 1 saturated heterocycles. The molecular formula is C29H27BrCl2N4O4. The first-order chi connectivity index (χ1) is 19.0. The third-order valence-electron chi connectivity index (χ3n) is 7.15. The number of ether oxygens (including phenoxy) is 1. The summed E-state index contributed by atoms with van der Waals surface area (Å²) in [5.41, 5.74) is 1.42. The van der Waals surface area contributed by atoms with E-state index >= 15 is 0 Å². The number of halogens is 3. The Morgan fingerprint density at radius 2 is 1.75 bits per heavy atom. The normalized spacial score (nSPS) is 18.5. The Bertz CT molecular complexity index is 1480. The maximum atomic E-state index is 13.0. The maximum Gasteiger partial charge on any atom is 0.329 e. The molecule has 0 radical (unpaired) electrons. The summed E-state index contributed by atoms with van der Waals surface area (Å²) in [6.07, 6.45) is 1.89. The van der Waals surface area contributed by atoms with E-state index in [1.165, 1.54) is 4.90 Å². The van der Waals surface area contributed by atoms with E-state index in [2.05, 4.69) is 26.6 Å². The average molecular weight is 646 g/mol. The number of nitrogens with one attached hydrogen (secondary N) is 2. The third-order valence-corrected chi connectivity index (χ3v) is 8.63. The van der Waals surface area contributed by atoms with Gasteiger partial charge < -0.3 is 20.3 Å². The summed E-state index contributed by atoms with van der Waals surface area (Å²) < 4.78 is 6.65. The van der Waals surface area contributed by atoms with Crippen LogP contribution in [0.3, 0.4) is 0 Å². The van der Waals surface area contributed by atoms with Crippen LogP contribution in [0.5, 0.6) is 11.5 Å². The fourth-order valence-corrected chi connectivity index (χ4v) is 5.40. The fourth-order valence-electron chi connectivity index (χ4n) is 4.63. The Morgan fingerprint density at radius 3 is 2.40 bits per heavy atom. The predicted molar refractivity (Wildman–Crippen MR) is 158 cm³/mol. The second-order valence-electron chi connectivity index (χ2n) is 10.2. The van der Waals surface area contributed by atoms with Gasteiger partial charge in [0.05, 0.1) is 15.7 Å². The minimum absolute atomic E-state index is 0.196. The van der Waals surface area contributed by atoms with E-state index in [1.807, 2.05) is 18.2 Å². The predicted octanol–water partition coefficient (Wildman–Crippen LogP) is 7.11. The molecule has 2 aliphatic rings. The molecular weight excluding hydrogens is 619 g/mol. The molecule has 3 aromatic carbocycles. The Balaban J connectivity index is 1.14. The van der Waals surface area contributed by atoms with E-state index in [0.29, 0.717) is 40.3 Å². The fraction of sp³-hybridized carbons (Fsp3) is 0.276. The van der Waals surface area contributed by atoms with Gasteiger partial charge in [-0.15, -0.1) is 0 Å². The van der Waals surface area contributed by atoms with Crippen molar-refractivity contribution in [2.24, 2.45) is 5.92 Å². The first-order valence-electron chi connectivity index (χ1n) is 12.7. The standard InChI is InChI=1S/C29H27BrCl2N4O4/c1-29(19-6-7-19)26(37)36(28(39)34-29)20-8-3-17(4-9-20)15-33-27(38)35(2)16-18-5-10-21(13-23(18)30)40-22-11-12-24(31)25(32)14-22/h3-5,8-14,19H,6-7,15-16H2,1-2H3,(H,33,38)(H,34,39). The molecule has 11 heteroatoms. The molecule has 40 heavy (non-hydrogen) atoms. The zero-order valence-electron chi connectivity index (χ0n) is 21.8. The molecule has 1 aliphatic carbocycles. The summed E-state index contributed by atoms with van der Waals surface area (Å²) >= 11 is 15.6. The van der Waals surface area contributed by atoms with Gasteiger partial charge >= 0.3 is 12.1 Å². The first-order valence-corrected chi connectivity index (χ1v) is 14.3. The number of imide groups is 1. The molecule has 1 unspecified atom stereocenters. The van der Waals surface area contributed by atoms with E-state index in [-0.39, 0.29) is 17.9 Å². The van der Waals surface area contributed by atoms with Gasteiger partial charge in [0.15, 0.2) is 0 Å². The number of anilines is 1. The number of nitrogens with zero attached hydrogens (tertiary/aromatic N) is 2. The van der Waals surface area contributed by atoms with Crippen LogP contribution in [0, 0.1) is 5.92 Å². The van der Waals surface area contributed by atoms with Crippen molar-refractivity contribution in [1.29, 1.82) is 0 Å². The highest BCUT2D eigenvalue weighted by Crippen LogP contribution is 2.43. The Kier molecular flexibility index (Phi) is 7.99. The first kappa shape index (κ1) is 28.3. The quantitative estimate of drug-likeness (QED) is 0.255. The monoisotopic (exact) mass is 644 g/mol. The summed E-state index contributed by atoms with van der Waals surface area (Å²) in [7, 11) is 1.71. The van der Waals surface area contributed by atoms with Gasteiger partial charge in [0.25, 0.3) is 5.91 Å². The molecule has 2 fully saturated rings. The van der Waals surface area contributed by atoms with E-state index in [4.69, 9.17) is 27.9 Å². The van der Waals surface area contributed by atoms with E-state index in [1.54, 1.807) is 61.3 Å². The number of carbonyl (C=O) groups excluding carboxylic acids is 3. The second kappa shape index (κ2) is 11.3. The van der Waals surface area contributed by atoms with Crippen molar-refractivity contribution >= 4 is 62.8 Å². The smallest absolute Gasteiger partial charge is 0.329 e. The molecule has 0 bridgehead atoms. The molecule has 0 spiro atoms. The van der Waals surface area contributed by atoms with E-state index in [9.17, 15) is 14.4 Å². The molecule has 1 atom stereocenters. The van der Waals surface area contributed by atoms with Crippen LogP contribution < -0.4 is 20.3 Å². The lowest BCUT2D eigenvalue weighted by Gasteiger charge is -2.21. The highest BCUT2D eigenvalue weighted by molar-refractivity contribution is 9.10. The summed E-state index contributed by atoms with van der Waals surface area (Å²) in [6, 6.07) is 16.9. The number of amides is 5. The number of benzene rings is 3. The van der Waals surface area contributed by atoms with Crippen molar-refractivity contribution < 1.29 is 19.1 Å². The summed E-state index contributed by atoms with van der Waals surface area (Å²) in [4.78, 5) is 41.0. The molecule has 5 rings (SSSR count). The molecule has 8 nitrogen and oxygen atoms in total. The minimum Gasteiger partial charge on any atom is -0.457 e. The van der Waals surface area contributed by atoms with Crippen LogP contribution in [-0.2, 0) is 17.9 Å². The van der Waals surface area contributed by atoms with E-state index < -0.39 is 11.6 Å². The highest BCUT2D eigenvalue weighted by Gasteiger charge is 2.56. The van der Waals surface area contributed by atoms with Gasteiger partial charge in [0, 0.05) is 30.7 Å².